The van der Waals surface area contributed by atoms with E-state index in [4.69, 9.17) is 4.74 Å². The van der Waals surface area contributed by atoms with Crippen molar-refractivity contribution in [2.24, 2.45) is 0 Å². The summed E-state index contributed by atoms with van der Waals surface area (Å²) in [6, 6.07) is 14.0. The lowest BCUT2D eigenvalue weighted by Crippen LogP contribution is -2.09. The van der Waals surface area contributed by atoms with Crippen LogP contribution in [0.3, 0.4) is 0 Å². The van der Waals surface area contributed by atoms with Crippen LogP contribution in [-0.4, -0.2) is 16.6 Å². The summed E-state index contributed by atoms with van der Waals surface area (Å²) in [5, 5.41) is 5.72. The molecule has 0 saturated heterocycles. The molecule has 5 nitrogen and oxygen atoms in total. The fourth-order valence-electron chi connectivity index (χ4n) is 2.44. The third-order valence-corrected chi connectivity index (χ3v) is 3.58. The van der Waals surface area contributed by atoms with E-state index in [0.29, 0.717) is 18.0 Å². The van der Waals surface area contributed by atoms with Crippen LogP contribution in [0.5, 0.6) is 5.75 Å². The van der Waals surface area contributed by atoms with Gasteiger partial charge in [0.15, 0.2) is 0 Å². The number of para-hydroxylation sites is 3. The Bertz CT molecular complexity index is 915. The molecule has 27 heavy (non-hydrogen) atoms. The molecule has 3 aromatic rings. The van der Waals surface area contributed by atoms with Gasteiger partial charge in [0.1, 0.15) is 11.6 Å². The van der Waals surface area contributed by atoms with Crippen LogP contribution >= 0.6 is 0 Å². The zero-order valence-corrected chi connectivity index (χ0v) is 14.4. The maximum atomic E-state index is 13.1. The molecule has 1 heterocycles. The molecule has 0 fully saturated rings. The summed E-state index contributed by atoms with van der Waals surface area (Å²) >= 11 is 0. The molecule has 2 N–H and O–H groups in total. The van der Waals surface area contributed by atoms with Crippen LogP contribution in [-0.2, 0) is 6.18 Å². The highest BCUT2D eigenvalue weighted by molar-refractivity contribution is 5.65. The topological polar surface area (TPSA) is 59.1 Å². The predicted octanol–water partition coefficient (Wildman–Crippen LogP) is 5.38. The Kier molecular flexibility index (Phi) is 5.44. The summed E-state index contributed by atoms with van der Waals surface area (Å²) in [6.07, 6.45) is -3.01. The first-order valence-electron chi connectivity index (χ1n) is 8.22. The summed E-state index contributed by atoms with van der Waals surface area (Å²) in [5.41, 5.74) is -0.184. The number of halogens is 3. The SMILES string of the molecule is CCOc1ccccc1Nc1nccc(Nc2ccccc2C(F)(F)F)n1. The van der Waals surface area contributed by atoms with Crippen molar-refractivity contribution in [3.8, 4) is 5.75 Å². The van der Waals surface area contributed by atoms with Gasteiger partial charge in [-0.15, -0.1) is 0 Å². The number of hydrogen-bond donors (Lipinski definition) is 2. The van der Waals surface area contributed by atoms with Gasteiger partial charge in [-0.1, -0.05) is 24.3 Å². The van der Waals surface area contributed by atoms with E-state index in [0.717, 1.165) is 6.07 Å². The molecule has 0 aliphatic carbocycles. The molecule has 0 spiro atoms. The zero-order chi connectivity index (χ0) is 19.3. The molecule has 2 aromatic carbocycles. The number of nitrogens with zero attached hydrogens (tertiary/aromatic N) is 2. The van der Waals surface area contributed by atoms with Gasteiger partial charge in [-0.05, 0) is 37.3 Å². The number of aromatic nitrogens is 2. The number of ether oxygens (including phenoxy) is 1. The average Bonchev–Trinajstić information content (AvgIpc) is 2.63. The molecule has 140 valence electrons. The summed E-state index contributed by atoms with van der Waals surface area (Å²) in [7, 11) is 0. The van der Waals surface area contributed by atoms with Crippen molar-refractivity contribution in [1.29, 1.82) is 0 Å². The number of rotatable bonds is 6. The molecule has 1 aromatic heterocycles. The van der Waals surface area contributed by atoms with Gasteiger partial charge >= 0.3 is 6.18 Å². The zero-order valence-electron chi connectivity index (χ0n) is 14.4. The third-order valence-electron chi connectivity index (χ3n) is 3.58. The smallest absolute Gasteiger partial charge is 0.418 e. The maximum Gasteiger partial charge on any atom is 0.418 e. The average molecular weight is 374 g/mol. The summed E-state index contributed by atoms with van der Waals surface area (Å²) in [4.78, 5) is 8.34. The van der Waals surface area contributed by atoms with E-state index in [2.05, 4.69) is 20.6 Å². The number of hydrogen-bond acceptors (Lipinski definition) is 5. The van der Waals surface area contributed by atoms with Crippen LogP contribution in [0, 0.1) is 0 Å². The van der Waals surface area contributed by atoms with Crippen LogP contribution in [0.2, 0.25) is 0 Å². The molecule has 0 bridgehead atoms. The van der Waals surface area contributed by atoms with Gasteiger partial charge in [0.05, 0.1) is 23.5 Å². The number of anilines is 4. The van der Waals surface area contributed by atoms with Crippen LogP contribution in [0.4, 0.5) is 36.3 Å². The molecule has 8 heteroatoms. The largest absolute Gasteiger partial charge is 0.492 e. The molecule has 0 aliphatic rings. The molecule has 0 atom stereocenters. The second-order valence-corrected chi connectivity index (χ2v) is 5.49. The minimum absolute atomic E-state index is 0.0793. The first kappa shape index (κ1) is 18.5. The van der Waals surface area contributed by atoms with E-state index < -0.39 is 11.7 Å². The van der Waals surface area contributed by atoms with E-state index in [-0.39, 0.29) is 17.5 Å². The van der Waals surface area contributed by atoms with Crippen molar-refractivity contribution in [2.75, 3.05) is 17.2 Å². The second kappa shape index (κ2) is 7.94. The van der Waals surface area contributed by atoms with E-state index in [1.165, 1.54) is 30.5 Å². The molecule has 0 amide bonds. The van der Waals surface area contributed by atoms with Gasteiger partial charge in [-0.25, -0.2) is 4.98 Å². The first-order valence-corrected chi connectivity index (χ1v) is 8.22. The Labute approximate surface area is 154 Å². The fraction of sp³-hybridized carbons (Fsp3) is 0.158. The quantitative estimate of drug-likeness (QED) is 0.606. The molecular weight excluding hydrogens is 357 g/mol. The van der Waals surface area contributed by atoms with E-state index >= 15 is 0 Å². The Morgan fingerprint density at radius 2 is 1.63 bits per heavy atom. The lowest BCUT2D eigenvalue weighted by Gasteiger charge is -2.15. The lowest BCUT2D eigenvalue weighted by molar-refractivity contribution is -0.136. The van der Waals surface area contributed by atoms with Gasteiger partial charge < -0.3 is 15.4 Å². The van der Waals surface area contributed by atoms with Crippen LogP contribution in [0.25, 0.3) is 0 Å². The Balaban J connectivity index is 1.84. The summed E-state index contributed by atoms with van der Waals surface area (Å²) in [5.74, 6) is 1.10. The minimum atomic E-state index is -4.46. The van der Waals surface area contributed by atoms with Crippen molar-refractivity contribution in [2.45, 2.75) is 13.1 Å². The molecule has 0 saturated carbocycles. The van der Waals surface area contributed by atoms with Crippen molar-refractivity contribution >= 4 is 23.1 Å². The Morgan fingerprint density at radius 3 is 2.37 bits per heavy atom. The van der Waals surface area contributed by atoms with E-state index in [1.54, 1.807) is 12.1 Å². The highest BCUT2D eigenvalue weighted by Crippen LogP contribution is 2.35. The first-order chi connectivity index (χ1) is 13.0. The van der Waals surface area contributed by atoms with Gasteiger partial charge in [-0.2, -0.15) is 18.2 Å². The molecular formula is C19H17F3N4O. The van der Waals surface area contributed by atoms with Gasteiger partial charge in [0.25, 0.3) is 0 Å². The lowest BCUT2D eigenvalue weighted by atomic mass is 10.1. The minimum Gasteiger partial charge on any atom is -0.492 e. The maximum absolute atomic E-state index is 13.1. The van der Waals surface area contributed by atoms with Crippen LogP contribution in [0.1, 0.15) is 12.5 Å². The second-order valence-electron chi connectivity index (χ2n) is 5.49. The van der Waals surface area contributed by atoms with Crippen LogP contribution in [0.15, 0.2) is 60.8 Å². The van der Waals surface area contributed by atoms with Crippen LogP contribution < -0.4 is 15.4 Å². The number of alkyl halides is 3. The normalized spacial score (nSPS) is 11.1. The highest BCUT2D eigenvalue weighted by atomic mass is 19.4. The number of nitrogens with one attached hydrogen (secondary N) is 2. The van der Waals surface area contributed by atoms with Crippen molar-refractivity contribution in [3.05, 3.63) is 66.4 Å². The molecule has 3 rings (SSSR count). The van der Waals surface area contributed by atoms with Gasteiger partial charge in [-0.3, -0.25) is 0 Å². The molecule has 0 unspecified atom stereocenters. The van der Waals surface area contributed by atoms with Gasteiger partial charge in [0, 0.05) is 6.20 Å². The third kappa shape index (κ3) is 4.66. The summed E-state index contributed by atoms with van der Waals surface area (Å²) < 4.78 is 44.9. The van der Waals surface area contributed by atoms with Crippen molar-refractivity contribution < 1.29 is 17.9 Å². The summed E-state index contributed by atoms with van der Waals surface area (Å²) in [6.45, 7) is 2.37. The van der Waals surface area contributed by atoms with Gasteiger partial charge in [0.2, 0.25) is 5.95 Å². The fourth-order valence-corrected chi connectivity index (χ4v) is 2.44. The highest BCUT2D eigenvalue weighted by Gasteiger charge is 2.33. The predicted molar refractivity (Wildman–Crippen MR) is 97.7 cm³/mol. The Morgan fingerprint density at radius 1 is 0.926 bits per heavy atom. The molecule has 0 aliphatic heterocycles. The monoisotopic (exact) mass is 374 g/mol. The number of benzene rings is 2. The van der Waals surface area contributed by atoms with Crippen molar-refractivity contribution in [1.82, 2.24) is 9.97 Å². The van der Waals surface area contributed by atoms with E-state index in [1.807, 2.05) is 19.1 Å². The van der Waals surface area contributed by atoms with E-state index in [9.17, 15) is 13.2 Å². The van der Waals surface area contributed by atoms with Crippen molar-refractivity contribution in [3.63, 3.8) is 0 Å². The molecule has 0 radical (unpaired) electrons. The Hall–Kier alpha value is -3.29. The standard InChI is InChI=1S/C19H17F3N4O/c1-2-27-16-10-6-5-9-15(16)25-18-23-12-11-17(26-18)24-14-8-4-3-7-13(14)19(20,21)22/h3-12H,2H2,1H3,(H2,23,24,25,26).